The smallest absolute Gasteiger partial charge is 0.274 e. The molecule has 8 heteroatoms. The van der Waals surface area contributed by atoms with Crippen LogP contribution in [0.2, 0.25) is 0 Å². The maximum atomic E-state index is 13.7. The number of carbonyl (C=O) groups excluding carboxylic acids is 1. The number of aromatic nitrogens is 2. The average Bonchev–Trinajstić information content (AvgIpc) is 3.46. The highest BCUT2D eigenvalue weighted by atomic mass is 79.9. The highest BCUT2D eigenvalue weighted by Gasteiger charge is 2.18. The van der Waals surface area contributed by atoms with E-state index in [0.29, 0.717) is 17.4 Å². The van der Waals surface area contributed by atoms with Gasteiger partial charge in [-0.2, -0.15) is 0 Å². The van der Waals surface area contributed by atoms with E-state index in [-0.39, 0.29) is 11.7 Å². The van der Waals surface area contributed by atoms with Crippen LogP contribution in [-0.4, -0.2) is 15.5 Å². The molecule has 0 saturated heterocycles. The first kappa shape index (κ1) is 20.1. The minimum Gasteiger partial charge on any atom is -0.331 e. The SMILES string of the molecule is O=C(Nc1nc(-c2ccc(Br)cc2)cs1)c1cc2sccc2n1Cc1cccc(F)c1. The van der Waals surface area contributed by atoms with Gasteiger partial charge in [-0.05, 0) is 47.3 Å². The maximum absolute atomic E-state index is 13.7. The van der Waals surface area contributed by atoms with Gasteiger partial charge in [0.25, 0.3) is 5.91 Å². The van der Waals surface area contributed by atoms with Gasteiger partial charge in [-0.3, -0.25) is 10.1 Å². The van der Waals surface area contributed by atoms with Crippen LogP contribution in [0.15, 0.2) is 75.9 Å². The lowest BCUT2D eigenvalue weighted by molar-refractivity contribution is 0.101. The lowest BCUT2D eigenvalue weighted by atomic mass is 10.2. The van der Waals surface area contributed by atoms with Crippen LogP contribution in [0.4, 0.5) is 9.52 Å². The Morgan fingerprint density at radius 2 is 1.94 bits per heavy atom. The molecule has 0 unspecified atom stereocenters. The second-order valence-electron chi connectivity index (χ2n) is 6.91. The van der Waals surface area contributed by atoms with Crippen molar-refractivity contribution in [2.75, 3.05) is 5.32 Å². The molecule has 0 fully saturated rings. The number of amides is 1. The summed E-state index contributed by atoms with van der Waals surface area (Å²) in [4.78, 5) is 17.7. The number of nitrogens with one attached hydrogen (secondary N) is 1. The highest BCUT2D eigenvalue weighted by Crippen LogP contribution is 2.29. The number of fused-ring (bicyclic) bond motifs is 1. The van der Waals surface area contributed by atoms with Crippen molar-refractivity contribution in [3.8, 4) is 11.3 Å². The fourth-order valence-corrected chi connectivity index (χ4v) is 5.20. The van der Waals surface area contributed by atoms with Gasteiger partial charge in [0, 0.05) is 22.0 Å². The molecule has 0 aliphatic carbocycles. The van der Waals surface area contributed by atoms with E-state index in [4.69, 9.17) is 0 Å². The minimum absolute atomic E-state index is 0.239. The van der Waals surface area contributed by atoms with E-state index < -0.39 is 0 Å². The Morgan fingerprint density at radius 1 is 1.10 bits per heavy atom. The molecular weight excluding hydrogens is 497 g/mol. The Kier molecular flexibility index (Phi) is 5.43. The molecule has 0 spiro atoms. The number of thiophene rings is 1. The quantitative estimate of drug-likeness (QED) is 0.275. The number of anilines is 1. The topological polar surface area (TPSA) is 46.9 Å². The Balaban J connectivity index is 1.42. The fourth-order valence-electron chi connectivity index (χ4n) is 3.40. The molecule has 5 aromatic rings. The lowest BCUT2D eigenvalue weighted by Gasteiger charge is -2.10. The van der Waals surface area contributed by atoms with Gasteiger partial charge in [0.15, 0.2) is 5.13 Å². The largest absolute Gasteiger partial charge is 0.331 e. The standard InChI is InChI=1S/C23H15BrFN3OS2/c24-16-6-4-15(5-7-16)18-13-31-23(26-18)27-22(29)20-11-21-19(8-9-30-21)28(20)12-14-2-1-3-17(25)10-14/h1-11,13H,12H2,(H,26,27,29). The molecule has 1 N–H and O–H groups in total. The number of rotatable bonds is 5. The van der Waals surface area contributed by atoms with Crippen molar-refractivity contribution in [3.63, 3.8) is 0 Å². The van der Waals surface area contributed by atoms with Gasteiger partial charge in [0.1, 0.15) is 11.5 Å². The molecule has 2 aromatic carbocycles. The van der Waals surface area contributed by atoms with Crippen LogP contribution in [0.1, 0.15) is 16.1 Å². The predicted octanol–water partition coefficient (Wildman–Crippen LogP) is 7.03. The van der Waals surface area contributed by atoms with Gasteiger partial charge in [0.05, 0.1) is 15.9 Å². The third kappa shape index (κ3) is 4.19. The number of carbonyl (C=O) groups is 1. The van der Waals surface area contributed by atoms with Crippen molar-refractivity contribution in [3.05, 3.63) is 93.0 Å². The molecule has 3 heterocycles. The predicted molar refractivity (Wildman–Crippen MR) is 129 cm³/mol. The first-order valence-corrected chi connectivity index (χ1v) is 12.0. The summed E-state index contributed by atoms with van der Waals surface area (Å²) in [6, 6.07) is 18.2. The van der Waals surface area contributed by atoms with Crippen LogP contribution in [0, 0.1) is 5.82 Å². The third-order valence-corrected chi connectivity index (χ3v) is 6.99. The number of thiazole rings is 1. The van der Waals surface area contributed by atoms with Crippen LogP contribution in [0.3, 0.4) is 0 Å². The van der Waals surface area contributed by atoms with E-state index in [0.717, 1.165) is 31.5 Å². The summed E-state index contributed by atoms with van der Waals surface area (Å²) >= 11 is 6.38. The van der Waals surface area contributed by atoms with Crippen LogP contribution in [0.5, 0.6) is 0 Å². The summed E-state index contributed by atoms with van der Waals surface area (Å²) in [7, 11) is 0. The molecule has 0 saturated carbocycles. The van der Waals surface area contributed by atoms with Crippen LogP contribution in [0.25, 0.3) is 21.5 Å². The number of hydrogen-bond donors (Lipinski definition) is 1. The molecule has 0 radical (unpaired) electrons. The molecule has 0 bridgehead atoms. The van der Waals surface area contributed by atoms with Gasteiger partial charge < -0.3 is 4.57 Å². The monoisotopic (exact) mass is 511 g/mol. The van der Waals surface area contributed by atoms with Crippen LogP contribution < -0.4 is 5.32 Å². The maximum Gasteiger partial charge on any atom is 0.274 e. The lowest BCUT2D eigenvalue weighted by Crippen LogP contribution is -2.17. The van der Waals surface area contributed by atoms with Gasteiger partial charge in [-0.1, -0.05) is 40.2 Å². The summed E-state index contributed by atoms with van der Waals surface area (Å²) in [6.45, 7) is 0.406. The summed E-state index contributed by atoms with van der Waals surface area (Å²) in [5, 5.41) is 7.35. The van der Waals surface area contributed by atoms with Gasteiger partial charge in [-0.25, -0.2) is 9.37 Å². The van der Waals surface area contributed by atoms with E-state index >= 15 is 0 Å². The molecule has 4 nitrogen and oxygen atoms in total. The Hall–Kier alpha value is -2.81. The summed E-state index contributed by atoms with van der Waals surface area (Å²) < 4.78 is 17.6. The van der Waals surface area contributed by atoms with Crippen molar-refractivity contribution < 1.29 is 9.18 Å². The molecule has 0 aliphatic heterocycles. The van der Waals surface area contributed by atoms with Crippen molar-refractivity contribution in [2.45, 2.75) is 6.54 Å². The summed E-state index contributed by atoms with van der Waals surface area (Å²) in [6.07, 6.45) is 0. The summed E-state index contributed by atoms with van der Waals surface area (Å²) in [5.74, 6) is -0.531. The van der Waals surface area contributed by atoms with E-state index in [1.165, 1.54) is 23.5 Å². The second-order valence-corrected chi connectivity index (χ2v) is 9.64. The van der Waals surface area contributed by atoms with Crippen LogP contribution >= 0.6 is 38.6 Å². The number of benzene rings is 2. The molecular formula is C23H15BrFN3OS2. The van der Waals surface area contributed by atoms with Crippen molar-refractivity contribution in [1.29, 1.82) is 0 Å². The first-order valence-electron chi connectivity index (χ1n) is 9.41. The number of nitrogens with zero attached hydrogens (tertiary/aromatic N) is 2. The molecule has 154 valence electrons. The van der Waals surface area contributed by atoms with Gasteiger partial charge in [0.2, 0.25) is 0 Å². The normalized spacial score (nSPS) is 11.2. The van der Waals surface area contributed by atoms with Crippen molar-refractivity contribution >= 4 is 59.9 Å². The highest BCUT2D eigenvalue weighted by molar-refractivity contribution is 9.10. The average molecular weight is 512 g/mol. The summed E-state index contributed by atoms with van der Waals surface area (Å²) in [5.41, 5.74) is 4.06. The minimum atomic E-state index is -0.291. The zero-order valence-corrected chi connectivity index (χ0v) is 19.2. The number of halogens is 2. The molecule has 31 heavy (non-hydrogen) atoms. The van der Waals surface area contributed by atoms with Crippen molar-refractivity contribution in [2.24, 2.45) is 0 Å². The Morgan fingerprint density at radius 3 is 2.74 bits per heavy atom. The Bertz CT molecular complexity index is 1390. The van der Waals surface area contributed by atoms with E-state index in [2.05, 4.69) is 26.2 Å². The third-order valence-electron chi connectivity index (χ3n) is 4.85. The molecule has 3 aromatic heterocycles. The van der Waals surface area contributed by atoms with Crippen LogP contribution in [-0.2, 0) is 6.54 Å². The van der Waals surface area contributed by atoms with E-state index in [1.807, 2.05) is 57.8 Å². The van der Waals surface area contributed by atoms with Crippen molar-refractivity contribution in [1.82, 2.24) is 9.55 Å². The zero-order chi connectivity index (χ0) is 21.4. The second kappa shape index (κ2) is 8.37. The molecule has 0 atom stereocenters. The van der Waals surface area contributed by atoms with Gasteiger partial charge in [-0.15, -0.1) is 22.7 Å². The zero-order valence-electron chi connectivity index (χ0n) is 16.0. The van der Waals surface area contributed by atoms with Gasteiger partial charge >= 0.3 is 0 Å². The number of hydrogen-bond acceptors (Lipinski definition) is 4. The first-order chi connectivity index (χ1) is 15.1. The van der Waals surface area contributed by atoms with E-state index in [1.54, 1.807) is 17.4 Å². The fraction of sp³-hybridized carbons (Fsp3) is 0.0435. The van der Waals surface area contributed by atoms with E-state index in [9.17, 15) is 9.18 Å². The molecule has 1 amide bonds. The Labute approximate surface area is 194 Å². The molecule has 0 aliphatic rings. The molecule has 5 rings (SSSR count).